The molecule has 0 aliphatic rings. The molecule has 0 aliphatic heterocycles. The van der Waals surface area contributed by atoms with E-state index >= 15 is 0 Å². The molecule has 0 saturated heterocycles. The summed E-state index contributed by atoms with van der Waals surface area (Å²) in [4.78, 5) is 8.00. The Morgan fingerprint density at radius 1 is 1.08 bits per heavy atom. The highest BCUT2D eigenvalue weighted by Gasteiger charge is 2.18. The van der Waals surface area contributed by atoms with Crippen LogP contribution >= 0.6 is 0 Å². The fourth-order valence-electron chi connectivity index (χ4n) is 3.25. The van der Waals surface area contributed by atoms with Crippen molar-refractivity contribution in [3.8, 4) is 17.1 Å². The maximum atomic E-state index is 7.66. The zero-order chi connectivity index (χ0) is 21.3. The van der Waals surface area contributed by atoms with Crippen molar-refractivity contribution in [1.29, 1.82) is 0 Å². The molecule has 0 fully saturated rings. The Hall–Kier alpha value is -2.86. The number of para-hydroxylation sites is 1. The molecule has 0 bridgehead atoms. The Labute approximate surface area is 160 Å². The van der Waals surface area contributed by atoms with Crippen LogP contribution in [0.5, 0.6) is 0 Å². The van der Waals surface area contributed by atoms with E-state index in [9.17, 15) is 0 Å². The Morgan fingerprint density at radius 2 is 1.77 bits per heavy atom. The lowest BCUT2D eigenvalue weighted by molar-refractivity contribution is 0.807. The maximum absolute atomic E-state index is 7.66. The molecule has 0 spiro atoms. The molecule has 0 unspecified atom stereocenters. The summed E-state index contributed by atoms with van der Waals surface area (Å²) in [6.45, 7) is 13.8. The highest BCUT2D eigenvalue weighted by atomic mass is 15.1. The van der Waals surface area contributed by atoms with Gasteiger partial charge in [-0.05, 0) is 41.4 Å². The quantitative estimate of drug-likeness (QED) is 0.485. The molecule has 3 nitrogen and oxygen atoms in total. The Morgan fingerprint density at radius 3 is 2.35 bits per heavy atom. The third-order valence-electron chi connectivity index (χ3n) is 4.60. The van der Waals surface area contributed by atoms with Gasteiger partial charge in [0.05, 0.1) is 12.3 Å². The van der Waals surface area contributed by atoms with Crippen LogP contribution in [0, 0.1) is 13.4 Å². The second kappa shape index (κ2) is 7.17. The molecule has 0 atom stereocenters. The fraction of sp³-hybridized carbons (Fsp3) is 0.304. The third-order valence-corrected chi connectivity index (χ3v) is 4.60. The van der Waals surface area contributed by atoms with Crippen LogP contribution in [0.2, 0.25) is 0 Å². The Balaban J connectivity index is 2.24. The minimum absolute atomic E-state index is 0.0693. The summed E-state index contributed by atoms with van der Waals surface area (Å²) in [6, 6.07) is 11.2. The van der Waals surface area contributed by atoms with Crippen LogP contribution in [0.4, 0.5) is 5.69 Å². The van der Waals surface area contributed by atoms with E-state index < -0.39 is 6.85 Å². The molecule has 2 aromatic carbocycles. The summed E-state index contributed by atoms with van der Waals surface area (Å²) in [5.41, 5.74) is 4.48. The monoisotopic (exact) mass is 346 g/mol. The van der Waals surface area contributed by atoms with Crippen LogP contribution in [0.3, 0.4) is 0 Å². The molecule has 0 saturated carbocycles. The second-order valence-electron chi connectivity index (χ2n) is 7.06. The van der Waals surface area contributed by atoms with E-state index in [-0.39, 0.29) is 11.3 Å². The summed E-state index contributed by atoms with van der Waals surface area (Å²) in [5, 5.41) is 0. The number of aryl methyl sites for hydroxylation is 1. The van der Waals surface area contributed by atoms with Crippen molar-refractivity contribution in [3.05, 3.63) is 76.9 Å². The third kappa shape index (κ3) is 3.15. The first-order valence-corrected chi connectivity index (χ1v) is 8.84. The predicted molar refractivity (Wildman–Crippen MR) is 108 cm³/mol. The van der Waals surface area contributed by atoms with E-state index in [1.54, 1.807) is 18.3 Å². The lowest BCUT2D eigenvalue weighted by Crippen LogP contribution is -2.07. The Bertz CT molecular complexity index is 1040. The number of benzene rings is 2. The fourth-order valence-corrected chi connectivity index (χ4v) is 3.25. The van der Waals surface area contributed by atoms with Crippen molar-refractivity contribution in [2.45, 2.75) is 46.4 Å². The Kier molecular flexibility index (Phi) is 3.95. The summed E-state index contributed by atoms with van der Waals surface area (Å²) in [7, 11) is 0. The van der Waals surface area contributed by atoms with Crippen molar-refractivity contribution >= 4 is 5.69 Å². The van der Waals surface area contributed by atoms with Gasteiger partial charge in [-0.15, -0.1) is 0 Å². The predicted octanol–water partition coefficient (Wildman–Crippen LogP) is 6.65. The van der Waals surface area contributed by atoms with Crippen molar-refractivity contribution in [2.24, 2.45) is 0 Å². The number of hydrogen-bond donors (Lipinski definition) is 0. The van der Waals surface area contributed by atoms with Gasteiger partial charge >= 0.3 is 0 Å². The van der Waals surface area contributed by atoms with Crippen LogP contribution < -0.4 is 0 Å². The molecular weight excluding hydrogens is 318 g/mol. The van der Waals surface area contributed by atoms with Crippen LogP contribution in [-0.4, -0.2) is 9.55 Å². The van der Waals surface area contributed by atoms with Crippen molar-refractivity contribution < 1.29 is 4.11 Å². The molecule has 26 heavy (non-hydrogen) atoms. The van der Waals surface area contributed by atoms with Gasteiger partial charge in [0.2, 0.25) is 0 Å². The summed E-state index contributed by atoms with van der Waals surface area (Å²) in [5.74, 6) is 1.35. The normalized spacial score (nSPS) is 13.3. The zero-order valence-corrected chi connectivity index (χ0v) is 15.6. The van der Waals surface area contributed by atoms with E-state index in [0.29, 0.717) is 17.7 Å². The molecule has 0 radical (unpaired) electrons. The number of hydrogen-bond acceptors (Lipinski definition) is 1. The molecule has 1 heterocycles. The zero-order valence-electron chi connectivity index (χ0n) is 18.6. The molecule has 132 valence electrons. The van der Waals surface area contributed by atoms with Crippen LogP contribution in [0.25, 0.3) is 21.9 Å². The molecule has 3 heteroatoms. The molecule has 1 aromatic heterocycles. The van der Waals surface area contributed by atoms with Gasteiger partial charge in [0, 0.05) is 22.1 Å². The minimum atomic E-state index is -2.32. The number of nitrogens with zero attached hydrogens (tertiary/aromatic N) is 3. The maximum Gasteiger partial charge on any atom is 0.190 e. The highest BCUT2D eigenvalue weighted by molar-refractivity contribution is 5.68. The van der Waals surface area contributed by atoms with Gasteiger partial charge in [-0.25, -0.2) is 9.83 Å². The van der Waals surface area contributed by atoms with E-state index in [1.165, 1.54) is 17.2 Å². The van der Waals surface area contributed by atoms with Crippen LogP contribution in [0.15, 0.2) is 48.8 Å². The van der Waals surface area contributed by atoms with E-state index in [0.717, 1.165) is 11.3 Å². The molecule has 0 amide bonds. The summed E-state index contributed by atoms with van der Waals surface area (Å²) >= 11 is 0. The van der Waals surface area contributed by atoms with Crippen LogP contribution in [-0.2, 0) is 0 Å². The SMILES string of the molecule is [2H]C([2H])([2H])c1ccc(-c2nccn2-c2c(C(C)C)cccc2C(C)C)cc1[N+]#[C-]. The van der Waals surface area contributed by atoms with Gasteiger partial charge in [-0.2, -0.15) is 0 Å². The average Bonchev–Trinajstić information content (AvgIpc) is 3.15. The first-order valence-electron chi connectivity index (χ1n) is 10.3. The van der Waals surface area contributed by atoms with Crippen molar-refractivity contribution in [3.63, 3.8) is 0 Å². The molecule has 3 rings (SSSR count). The second-order valence-corrected chi connectivity index (χ2v) is 7.06. The largest absolute Gasteiger partial charge is 0.299 e. The highest BCUT2D eigenvalue weighted by Crippen LogP contribution is 2.34. The van der Waals surface area contributed by atoms with E-state index in [4.69, 9.17) is 10.7 Å². The summed E-state index contributed by atoms with van der Waals surface area (Å²) < 4.78 is 25.0. The smallest absolute Gasteiger partial charge is 0.190 e. The lowest BCUT2D eigenvalue weighted by Gasteiger charge is -2.22. The summed E-state index contributed by atoms with van der Waals surface area (Å²) in [6.07, 6.45) is 3.67. The van der Waals surface area contributed by atoms with Gasteiger partial charge in [0.1, 0.15) is 5.82 Å². The minimum Gasteiger partial charge on any atom is -0.299 e. The van der Waals surface area contributed by atoms with E-state index in [1.807, 2.05) is 6.20 Å². The average molecular weight is 346 g/mol. The molecule has 3 aromatic rings. The van der Waals surface area contributed by atoms with Crippen molar-refractivity contribution in [2.75, 3.05) is 0 Å². The van der Waals surface area contributed by atoms with Gasteiger partial charge in [-0.3, -0.25) is 4.57 Å². The number of rotatable bonds is 4. The number of aromatic nitrogens is 2. The molecule has 0 N–H and O–H groups in total. The number of imidazole rings is 1. The van der Waals surface area contributed by atoms with Gasteiger partial charge in [-0.1, -0.05) is 58.0 Å². The first kappa shape index (κ1) is 14.3. The standard InChI is InChI=1S/C23H25N3/c1-15(2)19-8-7-9-20(16(3)4)22(19)26-13-12-25-23(26)18-11-10-17(5)21(14-18)24-6/h7-16H,1-5H3/i5D3. The van der Waals surface area contributed by atoms with Crippen LogP contribution in [0.1, 0.15) is 60.3 Å². The molecular formula is C23H25N3. The van der Waals surface area contributed by atoms with Gasteiger partial charge < -0.3 is 0 Å². The topological polar surface area (TPSA) is 22.2 Å². The van der Waals surface area contributed by atoms with Crippen molar-refractivity contribution in [1.82, 2.24) is 9.55 Å². The molecule has 0 aliphatic carbocycles. The van der Waals surface area contributed by atoms with Gasteiger partial charge in [0.25, 0.3) is 0 Å². The van der Waals surface area contributed by atoms with E-state index in [2.05, 4.69) is 60.3 Å². The van der Waals surface area contributed by atoms with Gasteiger partial charge in [0.15, 0.2) is 5.69 Å². The lowest BCUT2D eigenvalue weighted by atomic mass is 9.92. The first-order chi connectivity index (χ1) is 13.6.